The van der Waals surface area contributed by atoms with Crippen LogP contribution >= 0.6 is 11.3 Å². The Balaban J connectivity index is 1.47. The third kappa shape index (κ3) is 5.10. The second-order valence-corrected chi connectivity index (χ2v) is 8.65. The Morgan fingerprint density at radius 2 is 1.97 bits per heavy atom. The average Bonchev–Trinajstić information content (AvgIpc) is 3.54. The number of anilines is 3. The summed E-state index contributed by atoms with van der Waals surface area (Å²) in [6, 6.07) is 17.2. The molecule has 5 rings (SSSR count). The molecule has 35 heavy (non-hydrogen) atoms. The van der Waals surface area contributed by atoms with E-state index in [0.717, 1.165) is 21.5 Å². The zero-order chi connectivity index (χ0) is 24.2. The van der Waals surface area contributed by atoms with Crippen molar-refractivity contribution in [3.8, 4) is 11.5 Å². The van der Waals surface area contributed by atoms with Crippen molar-refractivity contribution < 1.29 is 14.3 Å². The van der Waals surface area contributed by atoms with Crippen molar-refractivity contribution >= 4 is 44.7 Å². The Labute approximate surface area is 203 Å². The van der Waals surface area contributed by atoms with Crippen molar-refractivity contribution in [3.63, 3.8) is 0 Å². The predicted octanol–water partition coefficient (Wildman–Crippen LogP) is 3.60. The third-order valence-electron chi connectivity index (χ3n) is 5.28. The first-order chi connectivity index (χ1) is 17.1. The lowest BCUT2D eigenvalue weighted by Gasteiger charge is -2.20. The van der Waals surface area contributed by atoms with E-state index in [-0.39, 0.29) is 24.4 Å². The number of thiazole rings is 1. The quantitative estimate of drug-likeness (QED) is 0.244. The van der Waals surface area contributed by atoms with Gasteiger partial charge in [0.1, 0.15) is 5.82 Å². The van der Waals surface area contributed by atoms with Crippen LogP contribution in [0.2, 0.25) is 0 Å². The van der Waals surface area contributed by atoms with E-state index in [1.165, 1.54) is 0 Å². The maximum Gasteiger partial charge on any atom is 0.306 e. The van der Waals surface area contributed by atoms with Crippen LogP contribution in [0.25, 0.3) is 21.7 Å². The molecule has 3 aromatic heterocycles. The lowest BCUT2D eigenvalue weighted by atomic mass is 10.1. The lowest BCUT2D eigenvalue weighted by Crippen LogP contribution is -2.26. The van der Waals surface area contributed by atoms with Crippen molar-refractivity contribution in [1.82, 2.24) is 20.2 Å². The van der Waals surface area contributed by atoms with Gasteiger partial charge < -0.3 is 25.9 Å². The summed E-state index contributed by atoms with van der Waals surface area (Å²) in [5.41, 5.74) is 11.0. The van der Waals surface area contributed by atoms with Crippen LogP contribution in [0, 0.1) is 0 Å². The zero-order valence-electron chi connectivity index (χ0n) is 18.4. The number of amides is 1. The van der Waals surface area contributed by atoms with E-state index < -0.39 is 5.91 Å². The molecule has 0 aliphatic rings. The van der Waals surface area contributed by atoms with E-state index in [2.05, 4.69) is 30.8 Å². The van der Waals surface area contributed by atoms with Crippen molar-refractivity contribution in [3.05, 3.63) is 77.8 Å². The fourth-order valence-electron chi connectivity index (χ4n) is 3.61. The number of nitrogens with zero attached hydrogens (tertiary/aromatic N) is 4. The molecule has 0 radical (unpaired) electrons. The van der Waals surface area contributed by atoms with Crippen LogP contribution in [-0.4, -0.2) is 43.8 Å². The molecule has 0 saturated carbocycles. The molecule has 1 amide bonds. The number of carbonyl (C=O) groups excluding carboxylic acids is 1. The standard InChI is InChI=1S/C24H21N7O3S/c25-22(33)24-31-30-23(34-24)17-11-26-21(29-15-6-7-18-20(9-15)35-13-27-18)10-19(17)28-16(12-32)8-14-4-2-1-3-5-14/h1-7,9-11,13,16,32H,8,12H2,(H2,25,33)(H2,26,28,29)/t16-/m0/s1. The topological polar surface area (TPSA) is 152 Å². The van der Waals surface area contributed by atoms with Gasteiger partial charge in [-0.2, -0.15) is 0 Å². The van der Waals surface area contributed by atoms with Crippen LogP contribution in [0.15, 0.2) is 70.7 Å². The minimum absolute atomic E-state index is 0.0860. The van der Waals surface area contributed by atoms with Crippen molar-refractivity contribution in [2.75, 3.05) is 17.2 Å². The molecule has 0 aliphatic heterocycles. The van der Waals surface area contributed by atoms with Crippen LogP contribution < -0.4 is 16.4 Å². The van der Waals surface area contributed by atoms with Crippen LogP contribution in [-0.2, 0) is 6.42 Å². The number of hydrogen-bond acceptors (Lipinski definition) is 10. The van der Waals surface area contributed by atoms with Gasteiger partial charge in [-0.1, -0.05) is 30.3 Å². The number of benzene rings is 2. The van der Waals surface area contributed by atoms with Gasteiger partial charge in [-0.25, -0.2) is 9.97 Å². The number of nitrogens with two attached hydrogens (primary N) is 1. The summed E-state index contributed by atoms with van der Waals surface area (Å²) in [7, 11) is 0. The number of carbonyl (C=O) groups is 1. The number of hydrogen-bond donors (Lipinski definition) is 4. The maximum absolute atomic E-state index is 11.4. The Morgan fingerprint density at radius 1 is 1.11 bits per heavy atom. The number of pyridine rings is 1. The van der Waals surface area contributed by atoms with Crippen LogP contribution in [0.1, 0.15) is 16.2 Å². The summed E-state index contributed by atoms with van der Waals surface area (Å²) in [6.45, 7) is -0.113. The van der Waals surface area contributed by atoms with Gasteiger partial charge in [0.25, 0.3) is 5.89 Å². The molecular formula is C24H21N7O3S. The molecule has 0 fully saturated rings. The molecule has 5 N–H and O–H groups in total. The first-order valence-corrected chi connectivity index (χ1v) is 11.6. The molecule has 3 heterocycles. The predicted molar refractivity (Wildman–Crippen MR) is 134 cm³/mol. The smallest absolute Gasteiger partial charge is 0.306 e. The number of nitrogens with one attached hydrogen (secondary N) is 2. The van der Waals surface area contributed by atoms with E-state index >= 15 is 0 Å². The molecule has 176 valence electrons. The highest BCUT2D eigenvalue weighted by Crippen LogP contribution is 2.31. The molecule has 0 saturated heterocycles. The number of primary amides is 1. The van der Waals surface area contributed by atoms with Gasteiger partial charge >= 0.3 is 11.8 Å². The number of fused-ring (bicyclic) bond motifs is 1. The van der Waals surface area contributed by atoms with E-state index in [9.17, 15) is 9.90 Å². The first kappa shape index (κ1) is 22.4. The summed E-state index contributed by atoms with van der Waals surface area (Å²) in [4.78, 5) is 20.2. The summed E-state index contributed by atoms with van der Waals surface area (Å²) in [5.74, 6) is -0.469. The maximum atomic E-state index is 11.4. The molecule has 11 heteroatoms. The molecule has 1 atom stereocenters. The van der Waals surface area contributed by atoms with Crippen molar-refractivity contribution in [2.24, 2.45) is 5.73 Å². The summed E-state index contributed by atoms with van der Waals surface area (Å²) < 4.78 is 6.49. The van der Waals surface area contributed by atoms with Gasteiger partial charge in [-0.15, -0.1) is 21.5 Å². The van der Waals surface area contributed by atoms with Gasteiger partial charge in [-0.05, 0) is 30.2 Å². The number of aliphatic hydroxyl groups is 1. The largest absolute Gasteiger partial charge is 0.412 e. The second kappa shape index (κ2) is 9.87. The Hall–Kier alpha value is -4.35. The number of aromatic nitrogens is 4. The van der Waals surface area contributed by atoms with Gasteiger partial charge in [0.2, 0.25) is 0 Å². The van der Waals surface area contributed by atoms with Gasteiger partial charge in [-0.3, -0.25) is 4.79 Å². The molecule has 2 aromatic carbocycles. The molecular weight excluding hydrogens is 466 g/mol. The minimum Gasteiger partial charge on any atom is -0.412 e. The fourth-order valence-corrected chi connectivity index (χ4v) is 4.32. The minimum atomic E-state index is -0.819. The van der Waals surface area contributed by atoms with E-state index in [0.29, 0.717) is 23.5 Å². The van der Waals surface area contributed by atoms with Crippen LogP contribution in [0.4, 0.5) is 17.2 Å². The average molecular weight is 488 g/mol. The van der Waals surface area contributed by atoms with Crippen molar-refractivity contribution in [2.45, 2.75) is 12.5 Å². The molecule has 0 spiro atoms. The monoisotopic (exact) mass is 487 g/mol. The number of aliphatic hydroxyl groups excluding tert-OH is 1. The highest BCUT2D eigenvalue weighted by molar-refractivity contribution is 7.16. The lowest BCUT2D eigenvalue weighted by molar-refractivity contribution is 0.0968. The fraction of sp³-hybridized carbons (Fsp3) is 0.125. The summed E-state index contributed by atoms with van der Waals surface area (Å²) >= 11 is 1.55. The highest BCUT2D eigenvalue weighted by Gasteiger charge is 2.19. The van der Waals surface area contributed by atoms with E-state index in [1.807, 2.05) is 48.5 Å². The first-order valence-electron chi connectivity index (χ1n) is 10.7. The molecule has 5 aromatic rings. The summed E-state index contributed by atoms with van der Waals surface area (Å²) in [6.07, 6.45) is 2.14. The molecule has 0 unspecified atom stereocenters. The Bertz CT molecular complexity index is 1470. The third-order valence-corrected chi connectivity index (χ3v) is 6.07. The second-order valence-electron chi connectivity index (χ2n) is 7.77. The Kier molecular flexibility index (Phi) is 6.33. The highest BCUT2D eigenvalue weighted by atomic mass is 32.1. The molecule has 10 nitrogen and oxygen atoms in total. The van der Waals surface area contributed by atoms with Crippen molar-refractivity contribution in [1.29, 1.82) is 0 Å². The van der Waals surface area contributed by atoms with Crippen LogP contribution in [0.3, 0.4) is 0 Å². The zero-order valence-corrected chi connectivity index (χ0v) is 19.2. The molecule has 0 aliphatic carbocycles. The van der Waals surface area contributed by atoms with Gasteiger partial charge in [0.05, 0.1) is 39.6 Å². The SMILES string of the molecule is NC(=O)c1nnc(-c2cnc(Nc3ccc4ncsc4c3)cc2N[C@H](CO)Cc2ccccc2)o1. The van der Waals surface area contributed by atoms with Crippen LogP contribution in [0.5, 0.6) is 0 Å². The van der Waals surface area contributed by atoms with Gasteiger partial charge in [0.15, 0.2) is 0 Å². The molecule has 0 bridgehead atoms. The Morgan fingerprint density at radius 3 is 2.74 bits per heavy atom. The van der Waals surface area contributed by atoms with E-state index in [4.69, 9.17) is 10.2 Å². The summed E-state index contributed by atoms with van der Waals surface area (Å²) in [5, 5.41) is 24.3. The number of rotatable bonds is 9. The van der Waals surface area contributed by atoms with Gasteiger partial charge in [0, 0.05) is 18.0 Å². The normalized spacial score (nSPS) is 11.9. The van der Waals surface area contributed by atoms with E-state index in [1.54, 1.807) is 29.1 Å².